The van der Waals surface area contributed by atoms with Gasteiger partial charge >= 0.3 is 5.97 Å². The van der Waals surface area contributed by atoms with Gasteiger partial charge in [0.1, 0.15) is 0 Å². The maximum absolute atomic E-state index is 12.1. The van der Waals surface area contributed by atoms with Crippen LogP contribution in [0.15, 0.2) is 35.2 Å². The summed E-state index contributed by atoms with van der Waals surface area (Å²) in [5.74, 6) is 0.344. The predicted molar refractivity (Wildman–Crippen MR) is 74.0 cm³/mol. The molecule has 2 aliphatic carbocycles. The van der Waals surface area contributed by atoms with Crippen LogP contribution in [0.1, 0.15) is 22.8 Å². The second-order valence-corrected chi connectivity index (χ2v) is 6.01. The molecule has 1 heterocycles. The van der Waals surface area contributed by atoms with Crippen molar-refractivity contribution in [1.82, 2.24) is 0 Å². The van der Waals surface area contributed by atoms with Gasteiger partial charge in [-0.25, -0.2) is 4.79 Å². The third kappa shape index (κ3) is 1.96. The fourth-order valence-electron chi connectivity index (χ4n) is 2.58. The van der Waals surface area contributed by atoms with Crippen molar-refractivity contribution < 1.29 is 13.7 Å². The molecule has 0 aromatic carbocycles. The van der Waals surface area contributed by atoms with Gasteiger partial charge in [0.05, 0.1) is 23.0 Å². The molecular weight excluding hydrogens is 260 g/mol. The number of esters is 1. The number of rotatable bonds is 2. The molecule has 4 heteroatoms. The van der Waals surface area contributed by atoms with Gasteiger partial charge < -0.3 is 4.74 Å². The van der Waals surface area contributed by atoms with Gasteiger partial charge in [-0.15, -0.1) is 0 Å². The van der Waals surface area contributed by atoms with Crippen LogP contribution in [0.4, 0.5) is 0 Å². The lowest BCUT2D eigenvalue weighted by Crippen LogP contribution is -2.06. The van der Waals surface area contributed by atoms with Gasteiger partial charge in [-0.05, 0) is 36.6 Å². The van der Waals surface area contributed by atoms with Gasteiger partial charge in [-0.3, -0.25) is 4.21 Å². The zero-order valence-corrected chi connectivity index (χ0v) is 11.5. The molecule has 0 aromatic heterocycles. The van der Waals surface area contributed by atoms with Gasteiger partial charge in [-0.2, -0.15) is 0 Å². The zero-order valence-electron chi connectivity index (χ0n) is 10.6. The smallest absolute Gasteiger partial charge is 0.338 e. The first-order chi connectivity index (χ1) is 9.22. The molecule has 0 N–H and O–H groups in total. The van der Waals surface area contributed by atoms with E-state index in [2.05, 4.69) is 0 Å². The van der Waals surface area contributed by atoms with Crippen molar-refractivity contribution in [3.8, 4) is 11.1 Å². The summed E-state index contributed by atoms with van der Waals surface area (Å²) in [5, 5.41) is 0. The van der Waals surface area contributed by atoms with Crippen molar-refractivity contribution in [2.45, 2.75) is 18.2 Å². The van der Waals surface area contributed by atoms with E-state index in [0.29, 0.717) is 17.9 Å². The van der Waals surface area contributed by atoms with Gasteiger partial charge in [-0.1, -0.05) is 18.2 Å². The van der Waals surface area contributed by atoms with Crippen molar-refractivity contribution in [3.05, 3.63) is 41.5 Å². The Kier molecular flexibility index (Phi) is 3.11. The van der Waals surface area contributed by atoms with Crippen molar-refractivity contribution in [3.63, 3.8) is 0 Å². The third-order valence-electron chi connectivity index (χ3n) is 3.37. The number of hydrogen-bond acceptors (Lipinski definition) is 3. The number of carbonyl (C=O) groups excluding carboxylic acids is 1. The van der Waals surface area contributed by atoms with Crippen LogP contribution in [-0.2, 0) is 22.0 Å². The van der Waals surface area contributed by atoms with Gasteiger partial charge in [0.15, 0.2) is 0 Å². The number of carbonyl (C=O) groups is 1. The van der Waals surface area contributed by atoms with Crippen LogP contribution in [0.25, 0.3) is 11.1 Å². The van der Waals surface area contributed by atoms with E-state index >= 15 is 0 Å². The largest absolute Gasteiger partial charge is 0.462 e. The maximum Gasteiger partial charge on any atom is 0.338 e. The molecule has 0 fully saturated rings. The molecule has 0 saturated carbocycles. The van der Waals surface area contributed by atoms with E-state index in [9.17, 15) is 9.00 Å². The van der Waals surface area contributed by atoms with Gasteiger partial charge in [0.25, 0.3) is 0 Å². The average Bonchev–Trinajstić information content (AvgIpc) is 2.83. The molecule has 3 nitrogen and oxygen atoms in total. The summed E-state index contributed by atoms with van der Waals surface area (Å²) in [6, 6.07) is 9.40. The van der Waals surface area contributed by atoms with Crippen LogP contribution in [-0.4, -0.2) is 22.5 Å². The number of hydrogen-bond donors (Lipinski definition) is 0. The minimum absolute atomic E-state index is 0.310. The highest BCUT2D eigenvalue weighted by atomic mass is 32.2. The number of ether oxygens (including phenoxy) is 1. The van der Waals surface area contributed by atoms with E-state index in [1.54, 1.807) is 13.0 Å². The lowest BCUT2D eigenvalue weighted by atomic mass is 10.0. The summed E-state index contributed by atoms with van der Waals surface area (Å²) in [5.41, 5.74) is 3.49. The minimum Gasteiger partial charge on any atom is -0.462 e. The Balaban J connectivity index is 2.25. The van der Waals surface area contributed by atoms with E-state index in [1.807, 2.05) is 24.3 Å². The van der Waals surface area contributed by atoms with E-state index in [-0.39, 0.29) is 5.97 Å². The van der Waals surface area contributed by atoms with E-state index in [4.69, 9.17) is 4.74 Å². The van der Waals surface area contributed by atoms with Crippen molar-refractivity contribution in [1.29, 1.82) is 0 Å². The highest BCUT2D eigenvalue weighted by Gasteiger charge is 2.28. The monoisotopic (exact) mass is 274 g/mol. The van der Waals surface area contributed by atoms with Crippen LogP contribution < -0.4 is 0 Å². The Labute approximate surface area is 114 Å². The predicted octanol–water partition coefficient (Wildman–Crippen LogP) is 2.63. The third-order valence-corrected chi connectivity index (χ3v) is 4.80. The van der Waals surface area contributed by atoms with Gasteiger partial charge in [0, 0.05) is 16.2 Å². The molecule has 0 saturated heterocycles. The van der Waals surface area contributed by atoms with Crippen LogP contribution in [0.3, 0.4) is 0 Å². The van der Waals surface area contributed by atoms with E-state index in [1.165, 1.54) is 0 Å². The second kappa shape index (κ2) is 4.78. The summed E-state index contributed by atoms with van der Waals surface area (Å²) in [6.45, 7) is 2.15. The first-order valence-corrected chi connectivity index (χ1v) is 7.64. The minimum atomic E-state index is -0.924. The molecule has 19 heavy (non-hydrogen) atoms. The number of fused-ring (bicyclic) bond motifs is 3. The van der Waals surface area contributed by atoms with Crippen LogP contribution in [0, 0.1) is 0 Å². The SMILES string of the molecule is CCOC(=O)c1ccccc2cc3c(c1-2)CCS3=O. The second-order valence-electron chi connectivity index (χ2n) is 4.47. The van der Waals surface area contributed by atoms with E-state index in [0.717, 1.165) is 28.0 Å². The molecule has 3 aliphatic rings. The van der Waals surface area contributed by atoms with Crippen LogP contribution in [0.2, 0.25) is 0 Å². The summed E-state index contributed by atoms with van der Waals surface area (Å²) < 4.78 is 17.0. The molecule has 1 unspecified atom stereocenters. The highest BCUT2D eigenvalue weighted by molar-refractivity contribution is 7.85. The fraction of sp³-hybridized carbons (Fsp3) is 0.267. The summed E-state index contributed by atoms with van der Waals surface area (Å²) in [7, 11) is -0.924. The first-order valence-electron chi connectivity index (χ1n) is 6.32. The molecule has 98 valence electrons. The fourth-order valence-corrected chi connectivity index (χ4v) is 3.92. The maximum atomic E-state index is 12.1. The summed E-state index contributed by atoms with van der Waals surface area (Å²) >= 11 is 0. The standard InChI is InChI=1S/C15H14O3S/c1-2-18-15(16)12-6-4-3-5-10-9-13-11(14(10)12)7-8-19(13)17/h3-6,9H,2,7-8H2,1H3. The Bertz CT molecular complexity index is 648. The molecule has 0 spiro atoms. The van der Waals surface area contributed by atoms with Crippen LogP contribution >= 0.6 is 0 Å². The van der Waals surface area contributed by atoms with Gasteiger partial charge in [0.2, 0.25) is 0 Å². The quantitative estimate of drug-likeness (QED) is 0.791. The van der Waals surface area contributed by atoms with E-state index < -0.39 is 10.8 Å². The average molecular weight is 274 g/mol. The van der Waals surface area contributed by atoms with Crippen molar-refractivity contribution in [2.24, 2.45) is 0 Å². The topological polar surface area (TPSA) is 43.4 Å². The Morgan fingerprint density at radius 2 is 2.16 bits per heavy atom. The molecule has 0 amide bonds. The Morgan fingerprint density at radius 1 is 1.37 bits per heavy atom. The molecule has 1 atom stereocenters. The Hall–Kier alpha value is -1.68. The summed E-state index contributed by atoms with van der Waals surface area (Å²) in [4.78, 5) is 13.0. The molecule has 0 radical (unpaired) electrons. The lowest BCUT2D eigenvalue weighted by Gasteiger charge is -2.06. The molecular formula is C15H14O3S. The highest BCUT2D eigenvalue weighted by Crippen LogP contribution is 2.39. The van der Waals surface area contributed by atoms with Crippen LogP contribution in [0.5, 0.6) is 0 Å². The lowest BCUT2D eigenvalue weighted by molar-refractivity contribution is 0.0527. The van der Waals surface area contributed by atoms with Crippen molar-refractivity contribution >= 4 is 16.8 Å². The first kappa shape index (κ1) is 12.4. The Morgan fingerprint density at radius 3 is 2.95 bits per heavy atom. The van der Waals surface area contributed by atoms with Crippen molar-refractivity contribution in [2.75, 3.05) is 12.4 Å². The molecule has 3 rings (SSSR count). The zero-order chi connectivity index (χ0) is 13.4. The molecule has 0 aromatic rings. The molecule has 0 bridgehead atoms. The molecule has 1 aliphatic heterocycles. The normalized spacial score (nSPS) is 17.4. The summed E-state index contributed by atoms with van der Waals surface area (Å²) in [6.07, 6.45) is 0.766.